The van der Waals surface area contributed by atoms with Crippen LogP contribution in [0.25, 0.3) is 44.0 Å². The molecular formula is C27H23NO. The van der Waals surface area contributed by atoms with Crippen molar-refractivity contribution in [2.45, 2.75) is 39.0 Å². The van der Waals surface area contributed by atoms with E-state index in [-0.39, 0.29) is 5.41 Å². The second kappa shape index (κ2) is 5.48. The largest absolute Gasteiger partial charge is 0.456 e. The normalized spacial score (nSPS) is 14.8. The van der Waals surface area contributed by atoms with Crippen LogP contribution in [0.1, 0.15) is 50.3 Å². The SMILES string of the molecule is CC(C)c1ccc2c3c1oc1ccnc(c13)-c1cc3ccccc3cc1C2(C)C. The van der Waals surface area contributed by atoms with Crippen molar-refractivity contribution in [2.24, 2.45) is 0 Å². The lowest BCUT2D eigenvalue weighted by molar-refractivity contribution is 0.638. The van der Waals surface area contributed by atoms with Crippen LogP contribution in [-0.4, -0.2) is 4.98 Å². The molecule has 1 aliphatic rings. The Morgan fingerprint density at radius 3 is 2.38 bits per heavy atom. The van der Waals surface area contributed by atoms with E-state index >= 15 is 0 Å². The van der Waals surface area contributed by atoms with Crippen molar-refractivity contribution in [3.8, 4) is 11.3 Å². The Kier molecular flexibility index (Phi) is 3.17. The number of nitrogens with zero attached hydrogens (tertiary/aromatic N) is 1. The van der Waals surface area contributed by atoms with Gasteiger partial charge in [-0.15, -0.1) is 0 Å². The molecule has 0 unspecified atom stereocenters. The summed E-state index contributed by atoms with van der Waals surface area (Å²) in [6.45, 7) is 9.12. The van der Waals surface area contributed by atoms with E-state index < -0.39 is 0 Å². The van der Waals surface area contributed by atoms with Crippen molar-refractivity contribution < 1.29 is 4.42 Å². The fourth-order valence-corrected chi connectivity index (χ4v) is 5.12. The van der Waals surface area contributed by atoms with E-state index in [0.717, 1.165) is 22.2 Å². The molecule has 5 aromatic rings. The average Bonchev–Trinajstić information content (AvgIpc) is 3.08. The Labute approximate surface area is 170 Å². The van der Waals surface area contributed by atoms with Gasteiger partial charge in [-0.1, -0.05) is 64.1 Å². The quantitative estimate of drug-likeness (QED) is 0.301. The van der Waals surface area contributed by atoms with Gasteiger partial charge >= 0.3 is 0 Å². The van der Waals surface area contributed by atoms with Gasteiger partial charge in [-0.2, -0.15) is 0 Å². The van der Waals surface area contributed by atoms with Gasteiger partial charge in [0.1, 0.15) is 11.2 Å². The maximum Gasteiger partial charge on any atom is 0.139 e. The van der Waals surface area contributed by atoms with Crippen LogP contribution in [0.2, 0.25) is 0 Å². The third-order valence-corrected chi connectivity index (χ3v) is 6.67. The van der Waals surface area contributed by atoms with E-state index in [9.17, 15) is 0 Å². The highest BCUT2D eigenvalue weighted by Crippen LogP contribution is 2.50. The number of furan rings is 1. The summed E-state index contributed by atoms with van der Waals surface area (Å²) in [7, 11) is 0. The third kappa shape index (κ3) is 2.09. The molecule has 2 aromatic heterocycles. The lowest BCUT2D eigenvalue weighted by Gasteiger charge is -2.28. The van der Waals surface area contributed by atoms with Gasteiger partial charge in [0.05, 0.1) is 11.1 Å². The number of aromatic nitrogens is 1. The Balaban J connectivity index is 1.88. The molecule has 0 atom stereocenters. The van der Waals surface area contributed by atoms with E-state index in [4.69, 9.17) is 9.40 Å². The van der Waals surface area contributed by atoms with Crippen LogP contribution in [-0.2, 0) is 5.41 Å². The van der Waals surface area contributed by atoms with Crippen molar-refractivity contribution in [2.75, 3.05) is 0 Å². The topological polar surface area (TPSA) is 26.0 Å². The molecule has 6 rings (SSSR count). The number of benzene rings is 3. The van der Waals surface area contributed by atoms with Gasteiger partial charge in [0.2, 0.25) is 0 Å². The van der Waals surface area contributed by atoms with Gasteiger partial charge in [-0.25, -0.2) is 0 Å². The van der Waals surface area contributed by atoms with Crippen LogP contribution >= 0.6 is 0 Å². The van der Waals surface area contributed by atoms with Crippen molar-refractivity contribution >= 4 is 32.7 Å². The van der Waals surface area contributed by atoms with Crippen LogP contribution in [0.3, 0.4) is 0 Å². The summed E-state index contributed by atoms with van der Waals surface area (Å²) in [5, 5.41) is 4.91. The fraction of sp³-hybridized carbons (Fsp3) is 0.222. The van der Waals surface area contributed by atoms with Gasteiger partial charge in [-0.3, -0.25) is 4.98 Å². The van der Waals surface area contributed by atoms with E-state index in [1.165, 1.54) is 38.4 Å². The smallest absolute Gasteiger partial charge is 0.139 e. The molecule has 0 radical (unpaired) electrons. The first-order valence-electron chi connectivity index (χ1n) is 10.3. The molecule has 142 valence electrons. The summed E-state index contributed by atoms with van der Waals surface area (Å²) in [5.41, 5.74) is 7.94. The van der Waals surface area contributed by atoms with Crippen molar-refractivity contribution in [3.05, 3.63) is 77.5 Å². The van der Waals surface area contributed by atoms with Gasteiger partial charge in [0.15, 0.2) is 0 Å². The van der Waals surface area contributed by atoms with Crippen molar-refractivity contribution in [3.63, 3.8) is 0 Å². The molecule has 29 heavy (non-hydrogen) atoms. The molecule has 0 bridgehead atoms. The minimum Gasteiger partial charge on any atom is -0.456 e. The summed E-state index contributed by atoms with van der Waals surface area (Å²) in [6, 6.07) is 19.8. The van der Waals surface area contributed by atoms with E-state index in [0.29, 0.717) is 5.92 Å². The third-order valence-electron chi connectivity index (χ3n) is 6.67. The first-order valence-corrected chi connectivity index (χ1v) is 10.3. The van der Waals surface area contributed by atoms with E-state index in [2.05, 4.69) is 76.2 Å². The minimum absolute atomic E-state index is 0.162. The van der Waals surface area contributed by atoms with Crippen LogP contribution in [0, 0.1) is 0 Å². The monoisotopic (exact) mass is 377 g/mol. The van der Waals surface area contributed by atoms with E-state index in [1.54, 1.807) is 0 Å². The zero-order chi connectivity index (χ0) is 19.9. The van der Waals surface area contributed by atoms with Crippen molar-refractivity contribution in [1.29, 1.82) is 0 Å². The minimum atomic E-state index is -0.162. The molecule has 0 N–H and O–H groups in total. The molecule has 0 amide bonds. The predicted molar refractivity (Wildman–Crippen MR) is 121 cm³/mol. The highest BCUT2D eigenvalue weighted by molar-refractivity contribution is 6.16. The zero-order valence-electron chi connectivity index (χ0n) is 17.2. The number of hydrogen-bond donors (Lipinski definition) is 0. The number of rotatable bonds is 1. The maximum absolute atomic E-state index is 6.46. The molecule has 0 saturated carbocycles. The van der Waals surface area contributed by atoms with Crippen LogP contribution in [0.5, 0.6) is 0 Å². The molecule has 0 saturated heterocycles. The number of hydrogen-bond acceptors (Lipinski definition) is 2. The number of fused-ring (bicyclic) bond motifs is 3. The summed E-state index contributed by atoms with van der Waals surface area (Å²) < 4.78 is 6.46. The van der Waals surface area contributed by atoms with Gasteiger partial charge < -0.3 is 4.42 Å². The average molecular weight is 377 g/mol. The Morgan fingerprint density at radius 2 is 1.62 bits per heavy atom. The lowest BCUT2D eigenvalue weighted by atomic mass is 9.75. The molecule has 3 aromatic carbocycles. The van der Waals surface area contributed by atoms with Gasteiger partial charge in [-0.05, 0) is 51.6 Å². The second-order valence-electron chi connectivity index (χ2n) is 9.07. The van der Waals surface area contributed by atoms with Gasteiger partial charge in [0.25, 0.3) is 0 Å². The molecule has 1 aliphatic carbocycles. The summed E-state index contributed by atoms with van der Waals surface area (Å²) in [6.07, 6.45) is 1.88. The van der Waals surface area contributed by atoms with Crippen LogP contribution in [0.15, 0.2) is 65.2 Å². The van der Waals surface area contributed by atoms with Gasteiger partial charge in [0, 0.05) is 22.6 Å². The molecule has 2 heteroatoms. The first-order chi connectivity index (χ1) is 14.0. The maximum atomic E-state index is 6.46. The van der Waals surface area contributed by atoms with Crippen molar-refractivity contribution in [1.82, 2.24) is 4.98 Å². The molecule has 0 spiro atoms. The van der Waals surface area contributed by atoms with Crippen LogP contribution < -0.4 is 0 Å². The fourth-order valence-electron chi connectivity index (χ4n) is 5.12. The van der Waals surface area contributed by atoms with Crippen LogP contribution in [0.4, 0.5) is 0 Å². The predicted octanol–water partition coefficient (Wildman–Crippen LogP) is 7.56. The molecule has 2 heterocycles. The highest BCUT2D eigenvalue weighted by atomic mass is 16.3. The molecular weight excluding hydrogens is 354 g/mol. The van der Waals surface area contributed by atoms with E-state index in [1.807, 2.05) is 12.3 Å². The Morgan fingerprint density at radius 1 is 0.862 bits per heavy atom. The second-order valence-corrected chi connectivity index (χ2v) is 9.07. The number of pyridine rings is 1. The first kappa shape index (κ1) is 16.8. The lowest BCUT2D eigenvalue weighted by Crippen LogP contribution is -2.20. The highest BCUT2D eigenvalue weighted by Gasteiger charge is 2.35. The summed E-state index contributed by atoms with van der Waals surface area (Å²) in [5.74, 6) is 0.400. The molecule has 0 aliphatic heterocycles. The molecule has 0 fully saturated rings. The standard InChI is InChI=1S/C27H23NO/c1-15(2)18-9-10-20-23-24-22(29-26(18)23)11-12-28-25(24)19-13-16-7-5-6-8-17(16)14-21(19)27(20,3)4/h5-15H,1-4H3. The summed E-state index contributed by atoms with van der Waals surface area (Å²) in [4.78, 5) is 4.88. The summed E-state index contributed by atoms with van der Waals surface area (Å²) >= 11 is 0. The molecule has 2 nitrogen and oxygen atoms in total. The Bertz CT molecular complexity index is 1450. The zero-order valence-corrected chi connectivity index (χ0v) is 17.2. The Hall–Kier alpha value is -3.13.